The summed E-state index contributed by atoms with van der Waals surface area (Å²) in [6, 6.07) is 0.287. The second kappa shape index (κ2) is 5.41. The molecule has 0 bridgehead atoms. The highest BCUT2D eigenvalue weighted by atomic mass is 16.5. The molecule has 0 amide bonds. The molecule has 5 heteroatoms. The van der Waals surface area contributed by atoms with Gasteiger partial charge in [0.25, 0.3) is 0 Å². The monoisotopic (exact) mass is 225 g/mol. The molecule has 90 valence electrons. The molecule has 2 unspecified atom stereocenters. The minimum absolute atomic E-state index is 0.257. The molecule has 0 radical (unpaired) electrons. The molecule has 1 saturated carbocycles. The van der Waals surface area contributed by atoms with E-state index in [1.807, 2.05) is 6.92 Å². The van der Waals surface area contributed by atoms with E-state index in [-0.39, 0.29) is 12.1 Å². The largest absolute Gasteiger partial charge is 0.370 e. The summed E-state index contributed by atoms with van der Waals surface area (Å²) >= 11 is 0. The molecule has 1 aromatic rings. The molecule has 1 fully saturated rings. The molecule has 16 heavy (non-hydrogen) atoms. The van der Waals surface area contributed by atoms with E-state index in [2.05, 4.69) is 10.1 Å². The van der Waals surface area contributed by atoms with E-state index in [1.54, 1.807) is 0 Å². The van der Waals surface area contributed by atoms with Crippen molar-refractivity contribution in [1.29, 1.82) is 0 Å². The van der Waals surface area contributed by atoms with Crippen LogP contribution >= 0.6 is 0 Å². The maximum Gasteiger partial charge on any atom is 0.226 e. The lowest BCUT2D eigenvalue weighted by atomic mass is 9.94. The average Bonchev–Trinajstić information content (AvgIpc) is 2.74. The lowest BCUT2D eigenvalue weighted by Gasteiger charge is -2.26. The van der Waals surface area contributed by atoms with Gasteiger partial charge < -0.3 is 15.0 Å². The van der Waals surface area contributed by atoms with E-state index in [0.717, 1.165) is 32.1 Å². The number of rotatable bonds is 4. The van der Waals surface area contributed by atoms with Gasteiger partial charge in [-0.2, -0.15) is 4.98 Å². The highest BCUT2D eigenvalue weighted by Gasteiger charge is 2.20. The molecule has 1 aromatic heterocycles. The molecule has 0 aromatic carbocycles. The average molecular weight is 225 g/mol. The first-order valence-corrected chi connectivity index (χ1v) is 5.96. The zero-order chi connectivity index (χ0) is 11.4. The smallest absolute Gasteiger partial charge is 0.226 e. The third kappa shape index (κ3) is 3.02. The Morgan fingerprint density at radius 2 is 2.38 bits per heavy atom. The van der Waals surface area contributed by atoms with Gasteiger partial charge in [0.2, 0.25) is 5.89 Å². The summed E-state index contributed by atoms with van der Waals surface area (Å²) in [5.41, 5.74) is 5.89. The molecule has 0 saturated heterocycles. The highest BCUT2D eigenvalue weighted by molar-refractivity contribution is 4.84. The van der Waals surface area contributed by atoms with Crippen LogP contribution in [-0.2, 0) is 17.8 Å². The number of ether oxygens (including phenoxy) is 1. The van der Waals surface area contributed by atoms with Gasteiger partial charge in [0, 0.05) is 12.5 Å². The summed E-state index contributed by atoms with van der Waals surface area (Å²) in [7, 11) is 0. The van der Waals surface area contributed by atoms with E-state index in [9.17, 15) is 0 Å². The molecule has 2 atom stereocenters. The zero-order valence-corrected chi connectivity index (χ0v) is 9.69. The van der Waals surface area contributed by atoms with E-state index in [1.165, 1.54) is 0 Å². The first kappa shape index (κ1) is 11.5. The van der Waals surface area contributed by atoms with Crippen LogP contribution in [0.15, 0.2) is 4.52 Å². The number of hydrogen-bond acceptors (Lipinski definition) is 5. The maximum atomic E-state index is 5.89. The molecule has 2 N–H and O–H groups in total. The van der Waals surface area contributed by atoms with Gasteiger partial charge in [-0.3, -0.25) is 0 Å². The van der Waals surface area contributed by atoms with Crippen LogP contribution in [0.4, 0.5) is 0 Å². The second-order valence-electron chi connectivity index (χ2n) is 4.32. The lowest BCUT2D eigenvalue weighted by molar-refractivity contribution is 0.00830. The Kier molecular flexibility index (Phi) is 3.90. The van der Waals surface area contributed by atoms with Gasteiger partial charge >= 0.3 is 0 Å². The fraction of sp³-hybridized carbons (Fsp3) is 0.818. The number of aromatic nitrogens is 2. The first-order chi connectivity index (χ1) is 7.78. The Hall–Kier alpha value is -0.940. The van der Waals surface area contributed by atoms with E-state index >= 15 is 0 Å². The molecule has 1 aliphatic carbocycles. The van der Waals surface area contributed by atoms with Crippen molar-refractivity contribution < 1.29 is 9.26 Å². The Labute approximate surface area is 95.3 Å². The molecular weight excluding hydrogens is 206 g/mol. The van der Waals surface area contributed by atoms with Crippen molar-refractivity contribution >= 4 is 0 Å². The van der Waals surface area contributed by atoms with Crippen LogP contribution in [0.25, 0.3) is 0 Å². The maximum absolute atomic E-state index is 5.89. The van der Waals surface area contributed by atoms with Gasteiger partial charge in [0.05, 0.1) is 6.10 Å². The first-order valence-electron chi connectivity index (χ1n) is 5.96. The van der Waals surface area contributed by atoms with Crippen molar-refractivity contribution in [2.75, 3.05) is 0 Å². The normalized spacial score (nSPS) is 25.9. The minimum atomic E-state index is 0.257. The third-order valence-electron chi connectivity index (χ3n) is 2.93. The van der Waals surface area contributed by atoms with Crippen LogP contribution < -0.4 is 5.73 Å². The minimum Gasteiger partial charge on any atom is -0.370 e. The van der Waals surface area contributed by atoms with Crippen LogP contribution in [0, 0.1) is 0 Å². The van der Waals surface area contributed by atoms with E-state index < -0.39 is 0 Å². The standard InChI is InChI=1S/C11H19N3O2/c1-2-11-13-10(14-16-11)7-15-9-5-3-4-8(12)6-9/h8-9H,2-7,12H2,1H3. The Balaban J connectivity index is 1.78. The predicted molar refractivity (Wildman–Crippen MR) is 58.7 cm³/mol. The topological polar surface area (TPSA) is 74.2 Å². The van der Waals surface area contributed by atoms with Crippen molar-refractivity contribution in [3.8, 4) is 0 Å². The highest BCUT2D eigenvalue weighted by Crippen LogP contribution is 2.20. The van der Waals surface area contributed by atoms with Gasteiger partial charge in [0.15, 0.2) is 5.82 Å². The van der Waals surface area contributed by atoms with Crippen LogP contribution in [0.3, 0.4) is 0 Å². The summed E-state index contributed by atoms with van der Waals surface area (Å²) < 4.78 is 10.7. The van der Waals surface area contributed by atoms with Crippen LogP contribution in [0.1, 0.15) is 44.3 Å². The summed E-state index contributed by atoms with van der Waals surface area (Å²) in [4.78, 5) is 4.20. The molecule has 1 aliphatic rings. The summed E-state index contributed by atoms with van der Waals surface area (Å²) in [6.45, 7) is 2.42. The van der Waals surface area contributed by atoms with Gasteiger partial charge in [-0.25, -0.2) is 0 Å². The summed E-state index contributed by atoms with van der Waals surface area (Å²) in [5.74, 6) is 1.30. The molecule has 1 heterocycles. The fourth-order valence-corrected chi connectivity index (χ4v) is 2.02. The second-order valence-corrected chi connectivity index (χ2v) is 4.32. The molecule has 0 aliphatic heterocycles. The summed E-state index contributed by atoms with van der Waals surface area (Å²) in [6.07, 6.45) is 5.32. The number of aryl methyl sites for hydroxylation is 1. The van der Waals surface area contributed by atoms with E-state index in [4.69, 9.17) is 15.0 Å². The number of hydrogen-bond donors (Lipinski definition) is 1. The molecule has 2 rings (SSSR count). The van der Waals surface area contributed by atoms with Crippen molar-refractivity contribution in [3.05, 3.63) is 11.7 Å². The third-order valence-corrected chi connectivity index (χ3v) is 2.93. The van der Waals surface area contributed by atoms with Crippen molar-refractivity contribution in [2.45, 2.75) is 57.8 Å². The molecule has 5 nitrogen and oxygen atoms in total. The Morgan fingerprint density at radius 3 is 3.06 bits per heavy atom. The van der Waals surface area contributed by atoms with Crippen molar-refractivity contribution in [2.24, 2.45) is 5.73 Å². The Bertz CT molecular complexity index is 327. The van der Waals surface area contributed by atoms with Gasteiger partial charge in [-0.1, -0.05) is 12.1 Å². The van der Waals surface area contributed by atoms with Crippen molar-refractivity contribution in [3.63, 3.8) is 0 Å². The van der Waals surface area contributed by atoms with E-state index in [0.29, 0.717) is 18.3 Å². The van der Waals surface area contributed by atoms with Crippen LogP contribution in [0.5, 0.6) is 0 Å². The van der Waals surface area contributed by atoms with Crippen LogP contribution in [-0.4, -0.2) is 22.3 Å². The van der Waals surface area contributed by atoms with Crippen molar-refractivity contribution in [1.82, 2.24) is 10.1 Å². The van der Waals surface area contributed by atoms with Gasteiger partial charge in [-0.15, -0.1) is 0 Å². The van der Waals surface area contributed by atoms with Gasteiger partial charge in [0.1, 0.15) is 6.61 Å². The zero-order valence-electron chi connectivity index (χ0n) is 9.69. The number of nitrogens with zero attached hydrogens (tertiary/aromatic N) is 2. The quantitative estimate of drug-likeness (QED) is 0.838. The fourth-order valence-electron chi connectivity index (χ4n) is 2.02. The molecule has 0 spiro atoms. The van der Waals surface area contributed by atoms with Gasteiger partial charge in [-0.05, 0) is 25.7 Å². The Morgan fingerprint density at radius 1 is 1.50 bits per heavy atom. The number of nitrogens with two attached hydrogens (primary N) is 1. The van der Waals surface area contributed by atoms with Crippen LogP contribution in [0.2, 0.25) is 0 Å². The SMILES string of the molecule is CCc1nc(COC2CCCC(N)C2)no1. The molecular formula is C11H19N3O2. The lowest BCUT2D eigenvalue weighted by Crippen LogP contribution is -2.32. The summed E-state index contributed by atoms with van der Waals surface area (Å²) in [5, 5.41) is 3.85. The predicted octanol–water partition coefficient (Wildman–Crippen LogP) is 1.42.